The Morgan fingerprint density at radius 1 is 1.25 bits per heavy atom. The third-order valence-electron chi connectivity index (χ3n) is 4.20. The van der Waals surface area contributed by atoms with Gasteiger partial charge in [0, 0.05) is 34.8 Å². The van der Waals surface area contributed by atoms with E-state index in [2.05, 4.69) is 16.0 Å². The quantitative estimate of drug-likeness (QED) is 0.909. The summed E-state index contributed by atoms with van der Waals surface area (Å²) in [6.07, 6.45) is 4.47. The zero-order valence-corrected chi connectivity index (χ0v) is 12.0. The third kappa shape index (κ3) is 2.34. The summed E-state index contributed by atoms with van der Waals surface area (Å²) in [5.74, 6) is 0.0863. The van der Waals surface area contributed by atoms with Gasteiger partial charge in [-0.1, -0.05) is 12.1 Å². The summed E-state index contributed by atoms with van der Waals surface area (Å²) in [4.78, 5) is 8.98. The predicted molar refractivity (Wildman–Crippen MR) is 78.6 cm³/mol. The van der Waals surface area contributed by atoms with Gasteiger partial charge in [-0.25, -0.2) is 0 Å². The zero-order chi connectivity index (χ0) is 14.1. The van der Waals surface area contributed by atoms with Gasteiger partial charge in [0.2, 0.25) is 0 Å². The fourth-order valence-electron chi connectivity index (χ4n) is 3.18. The van der Waals surface area contributed by atoms with Gasteiger partial charge in [-0.2, -0.15) is 0 Å². The molecule has 2 heterocycles. The lowest BCUT2D eigenvalue weighted by atomic mass is 9.80. The van der Waals surface area contributed by atoms with Crippen LogP contribution in [-0.2, 0) is 6.42 Å². The van der Waals surface area contributed by atoms with Crippen LogP contribution >= 0.6 is 0 Å². The molecule has 2 aromatic heterocycles. The molecule has 0 fully saturated rings. The van der Waals surface area contributed by atoms with Gasteiger partial charge in [0.25, 0.3) is 0 Å². The smallest absolute Gasteiger partial charge is 0.0891 e. The molecule has 0 aromatic carbocycles. The molecule has 2 unspecified atom stereocenters. The molecule has 0 aliphatic heterocycles. The van der Waals surface area contributed by atoms with Crippen LogP contribution in [0.2, 0.25) is 0 Å². The molecule has 1 N–H and O–H groups in total. The van der Waals surface area contributed by atoms with E-state index in [9.17, 15) is 5.11 Å². The molecule has 0 spiro atoms. The van der Waals surface area contributed by atoms with Gasteiger partial charge in [0.15, 0.2) is 0 Å². The SMILES string of the molecule is Cc1ccc(C(O)C2CCCc3cccnc32)c(C)n1. The molecular formula is C17H20N2O. The van der Waals surface area contributed by atoms with E-state index in [0.717, 1.165) is 41.9 Å². The molecule has 1 aliphatic carbocycles. The number of aliphatic hydroxyl groups is 1. The van der Waals surface area contributed by atoms with E-state index in [1.807, 2.05) is 38.2 Å². The lowest BCUT2D eigenvalue weighted by Gasteiger charge is -2.29. The van der Waals surface area contributed by atoms with Crippen molar-refractivity contribution in [1.29, 1.82) is 0 Å². The van der Waals surface area contributed by atoms with Crippen LogP contribution in [0.4, 0.5) is 0 Å². The Morgan fingerprint density at radius 3 is 2.90 bits per heavy atom. The number of rotatable bonds is 2. The van der Waals surface area contributed by atoms with E-state index >= 15 is 0 Å². The summed E-state index contributed by atoms with van der Waals surface area (Å²) >= 11 is 0. The van der Waals surface area contributed by atoms with Crippen molar-refractivity contribution in [3.05, 3.63) is 58.7 Å². The Labute approximate surface area is 119 Å². The molecule has 0 saturated heterocycles. The van der Waals surface area contributed by atoms with E-state index in [4.69, 9.17) is 0 Å². The van der Waals surface area contributed by atoms with Crippen LogP contribution in [-0.4, -0.2) is 15.1 Å². The molecule has 104 valence electrons. The van der Waals surface area contributed by atoms with Gasteiger partial charge >= 0.3 is 0 Å². The first-order valence-electron chi connectivity index (χ1n) is 7.23. The lowest BCUT2D eigenvalue weighted by Crippen LogP contribution is -2.19. The maximum Gasteiger partial charge on any atom is 0.0891 e. The fraction of sp³-hybridized carbons (Fsp3) is 0.412. The highest BCUT2D eigenvalue weighted by Crippen LogP contribution is 2.39. The highest BCUT2D eigenvalue weighted by molar-refractivity contribution is 5.32. The van der Waals surface area contributed by atoms with Crippen molar-refractivity contribution in [3.63, 3.8) is 0 Å². The number of fused-ring (bicyclic) bond motifs is 1. The molecule has 3 heteroatoms. The van der Waals surface area contributed by atoms with E-state index in [-0.39, 0.29) is 5.92 Å². The number of hydrogen-bond acceptors (Lipinski definition) is 3. The van der Waals surface area contributed by atoms with E-state index < -0.39 is 6.10 Å². The molecule has 2 atom stereocenters. The summed E-state index contributed by atoms with van der Waals surface area (Å²) < 4.78 is 0. The van der Waals surface area contributed by atoms with Crippen LogP contribution in [0.5, 0.6) is 0 Å². The first-order chi connectivity index (χ1) is 9.66. The molecule has 3 rings (SSSR count). The predicted octanol–water partition coefficient (Wildman–Crippen LogP) is 3.25. The first kappa shape index (κ1) is 13.3. The van der Waals surface area contributed by atoms with E-state index in [1.165, 1.54) is 5.56 Å². The van der Waals surface area contributed by atoms with Crippen molar-refractivity contribution in [2.75, 3.05) is 0 Å². The second-order valence-electron chi connectivity index (χ2n) is 5.62. The van der Waals surface area contributed by atoms with Crippen molar-refractivity contribution >= 4 is 0 Å². The number of aryl methyl sites for hydroxylation is 3. The average molecular weight is 268 g/mol. The molecule has 0 bridgehead atoms. The van der Waals surface area contributed by atoms with Crippen LogP contribution in [0, 0.1) is 13.8 Å². The van der Waals surface area contributed by atoms with Gasteiger partial charge in [-0.3, -0.25) is 9.97 Å². The van der Waals surface area contributed by atoms with Crippen LogP contribution in [0.25, 0.3) is 0 Å². The van der Waals surface area contributed by atoms with Gasteiger partial charge in [0.1, 0.15) is 0 Å². The van der Waals surface area contributed by atoms with E-state index in [0.29, 0.717) is 0 Å². The third-order valence-corrected chi connectivity index (χ3v) is 4.20. The van der Waals surface area contributed by atoms with Gasteiger partial charge in [-0.15, -0.1) is 0 Å². The Morgan fingerprint density at radius 2 is 2.10 bits per heavy atom. The number of aromatic nitrogens is 2. The second kappa shape index (κ2) is 5.33. The minimum absolute atomic E-state index is 0.0863. The Hall–Kier alpha value is -1.74. The standard InChI is InChI=1S/C17H20N2O/c1-11-8-9-14(12(2)19-11)17(20)15-7-3-5-13-6-4-10-18-16(13)15/h4,6,8-10,15,17,20H,3,5,7H2,1-2H3. The van der Waals surface area contributed by atoms with Crippen LogP contribution in [0.3, 0.4) is 0 Å². The largest absolute Gasteiger partial charge is 0.388 e. The molecule has 20 heavy (non-hydrogen) atoms. The van der Waals surface area contributed by atoms with E-state index in [1.54, 1.807) is 0 Å². The van der Waals surface area contributed by atoms with Crippen LogP contribution in [0.1, 0.15) is 53.1 Å². The molecular weight excluding hydrogens is 248 g/mol. The van der Waals surface area contributed by atoms with Gasteiger partial charge < -0.3 is 5.11 Å². The average Bonchev–Trinajstić information content (AvgIpc) is 2.46. The second-order valence-corrected chi connectivity index (χ2v) is 5.62. The highest BCUT2D eigenvalue weighted by Gasteiger charge is 2.29. The topological polar surface area (TPSA) is 46.0 Å². The van der Waals surface area contributed by atoms with Gasteiger partial charge in [-0.05, 0) is 50.8 Å². The molecule has 0 amide bonds. The van der Waals surface area contributed by atoms with Crippen molar-refractivity contribution < 1.29 is 5.11 Å². The number of pyridine rings is 2. The van der Waals surface area contributed by atoms with Crippen molar-refractivity contribution in [1.82, 2.24) is 9.97 Å². The zero-order valence-electron chi connectivity index (χ0n) is 12.0. The number of nitrogens with zero attached hydrogens (tertiary/aromatic N) is 2. The molecule has 0 saturated carbocycles. The summed E-state index contributed by atoms with van der Waals surface area (Å²) in [5, 5.41) is 10.8. The minimum Gasteiger partial charge on any atom is -0.388 e. The molecule has 2 aromatic rings. The lowest BCUT2D eigenvalue weighted by molar-refractivity contribution is 0.133. The summed E-state index contributed by atoms with van der Waals surface area (Å²) in [7, 11) is 0. The Bertz CT molecular complexity index is 624. The normalized spacial score (nSPS) is 19.4. The molecule has 0 radical (unpaired) electrons. The summed E-state index contributed by atoms with van der Waals surface area (Å²) in [5.41, 5.74) is 5.17. The van der Waals surface area contributed by atoms with Crippen molar-refractivity contribution in [3.8, 4) is 0 Å². The summed E-state index contributed by atoms with van der Waals surface area (Å²) in [6, 6.07) is 8.07. The number of hydrogen-bond donors (Lipinski definition) is 1. The Kier molecular flexibility index (Phi) is 3.53. The molecule has 1 aliphatic rings. The summed E-state index contributed by atoms with van der Waals surface area (Å²) in [6.45, 7) is 3.94. The highest BCUT2D eigenvalue weighted by atomic mass is 16.3. The Balaban J connectivity index is 1.97. The van der Waals surface area contributed by atoms with Crippen LogP contribution < -0.4 is 0 Å². The first-order valence-corrected chi connectivity index (χ1v) is 7.23. The fourth-order valence-corrected chi connectivity index (χ4v) is 3.18. The monoisotopic (exact) mass is 268 g/mol. The maximum absolute atomic E-state index is 10.8. The van der Waals surface area contributed by atoms with Crippen molar-refractivity contribution in [2.24, 2.45) is 0 Å². The molecule has 3 nitrogen and oxygen atoms in total. The van der Waals surface area contributed by atoms with Gasteiger partial charge in [0.05, 0.1) is 6.10 Å². The van der Waals surface area contributed by atoms with Crippen LogP contribution in [0.15, 0.2) is 30.5 Å². The number of aliphatic hydroxyl groups excluding tert-OH is 1. The van der Waals surface area contributed by atoms with Crippen molar-refractivity contribution in [2.45, 2.75) is 45.1 Å². The minimum atomic E-state index is -0.517. The maximum atomic E-state index is 10.8.